The first-order chi connectivity index (χ1) is 10.1. The maximum atomic E-state index is 12.5. The van der Waals surface area contributed by atoms with Crippen LogP contribution in [0.1, 0.15) is 22.0 Å². The van der Waals surface area contributed by atoms with Gasteiger partial charge in [-0.2, -0.15) is 0 Å². The van der Waals surface area contributed by atoms with Crippen LogP contribution in [0.3, 0.4) is 0 Å². The second-order valence-electron chi connectivity index (χ2n) is 5.28. The predicted molar refractivity (Wildman–Crippen MR) is 82.0 cm³/mol. The summed E-state index contributed by atoms with van der Waals surface area (Å²) in [6.07, 6.45) is 0. The maximum Gasteiger partial charge on any atom is 0.270 e. The molecule has 3 rings (SSSR count). The summed E-state index contributed by atoms with van der Waals surface area (Å²) in [5.74, 6) is 0.782. The molecule has 0 aliphatic carbocycles. The molecule has 0 fully saturated rings. The Morgan fingerprint density at radius 3 is 2.71 bits per heavy atom. The molecule has 1 aromatic carbocycles. The van der Waals surface area contributed by atoms with Crippen molar-refractivity contribution in [2.45, 2.75) is 13.5 Å². The minimum Gasteiger partial charge on any atom is -0.344 e. The highest BCUT2D eigenvalue weighted by atomic mass is 16.2. The molecular formula is C16H18N4O. The van der Waals surface area contributed by atoms with Crippen molar-refractivity contribution < 1.29 is 4.79 Å². The number of para-hydroxylation sites is 2. The first-order valence-electron chi connectivity index (χ1n) is 6.87. The highest BCUT2D eigenvalue weighted by Gasteiger charge is 2.17. The first-order valence-corrected chi connectivity index (χ1v) is 6.87. The number of H-pyrrole nitrogens is 1. The molecule has 5 heteroatoms. The molecule has 0 spiro atoms. The van der Waals surface area contributed by atoms with Crippen LogP contribution in [0.15, 0.2) is 36.4 Å². The average molecular weight is 282 g/mol. The van der Waals surface area contributed by atoms with Crippen molar-refractivity contribution in [3.63, 3.8) is 0 Å². The van der Waals surface area contributed by atoms with E-state index in [0.717, 1.165) is 22.6 Å². The van der Waals surface area contributed by atoms with E-state index in [2.05, 4.69) is 9.97 Å². The van der Waals surface area contributed by atoms with Crippen LogP contribution in [0.2, 0.25) is 0 Å². The van der Waals surface area contributed by atoms with E-state index in [-0.39, 0.29) is 5.91 Å². The van der Waals surface area contributed by atoms with E-state index in [1.54, 1.807) is 11.9 Å². The Morgan fingerprint density at radius 2 is 2.05 bits per heavy atom. The van der Waals surface area contributed by atoms with Gasteiger partial charge in [-0.25, -0.2) is 4.98 Å². The molecule has 0 atom stereocenters. The number of benzene rings is 1. The van der Waals surface area contributed by atoms with Gasteiger partial charge in [-0.15, -0.1) is 0 Å². The molecule has 0 aliphatic heterocycles. The maximum absolute atomic E-state index is 12.5. The molecule has 1 amide bonds. The van der Waals surface area contributed by atoms with Gasteiger partial charge >= 0.3 is 0 Å². The van der Waals surface area contributed by atoms with E-state index < -0.39 is 0 Å². The van der Waals surface area contributed by atoms with Crippen molar-refractivity contribution in [2.24, 2.45) is 7.05 Å². The largest absolute Gasteiger partial charge is 0.344 e. The molecule has 0 aliphatic rings. The van der Waals surface area contributed by atoms with Gasteiger partial charge in [0.2, 0.25) is 0 Å². The van der Waals surface area contributed by atoms with Crippen LogP contribution in [-0.2, 0) is 13.6 Å². The van der Waals surface area contributed by atoms with Crippen LogP contribution >= 0.6 is 0 Å². The zero-order valence-corrected chi connectivity index (χ0v) is 12.4. The quantitative estimate of drug-likeness (QED) is 0.802. The van der Waals surface area contributed by atoms with Crippen LogP contribution in [0, 0.1) is 6.92 Å². The van der Waals surface area contributed by atoms with Gasteiger partial charge in [-0.1, -0.05) is 12.1 Å². The number of aryl methyl sites for hydroxylation is 1. The zero-order chi connectivity index (χ0) is 15.0. The number of carbonyl (C=O) groups is 1. The summed E-state index contributed by atoms with van der Waals surface area (Å²) >= 11 is 0. The van der Waals surface area contributed by atoms with E-state index in [9.17, 15) is 4.79 Å². The van der Waals surface area contributed by atoms with E-state index in [1.807, 2.05) is 54.9 Å². The van der Waals surface area contributed by atoms with Crippen LogP contribution in [0.5, 0.6) is 0 Å². The van der Waals surface area contributed by atoms with Gasteiger partial charge in [0.25, 0.3) is 5.91 Å². The molecular weight excluding hydrogens is 264 g/mol. The number of rotatable bonds is 3. The molecule has 5 nitrogen and oxygen atoms in total. The number of aromatic nitrogens is 3. The number of hydrogen-bond acceptors (Lipinski definition) is 2. The number of amides is 1. The summed E-state index contributed by atoms with van der Waals surface area (Å²) in [7, 11) is 3.69. The van der Waals surface area contributed by atoms with Crippen molar-refractivity contribution in [1.29, 1.82) is 0 Å². The van der Waals surface area contributed by atoms with Crippen molar-refractivity contribution in [1.82, 2.24) is 19.4 Å². The first kappa shape index (κ1) is 13.4. The van der Waals surface area contributed by atoms with Crippen molar-refractivity contribution in [3.8, 4) is 0 Å². The standard InChI is InChI=1S/C16H18N4O/c1-11-8-9-14(20(11)3)16(21)19(2)10-15-17-12-6-4-5-7-13(12)18-15/h4-9H,10H2,1-3H3,(H,17,18). The van der Waals surface area contributed by atoms with Gasteiger partial charge in [0.1, 0.15) is 11.5 Å². The third-order valence-electron chi connectivity index (χ3n) is 3.76. The Bertz CT molecular complexity index is 767. The molecule has 0 bridgehead atoms. The third kappa shape index (κ3) is 2.42. The lowest BCUT2D eigenvalue weighted by Gasteiger charge is -2.16. The number of fused-ring (bicyclic) bond motifs is 1. The summed E-state index contributed by atoms with van der Waals surface area (Å²) in [4.78, 5) is 21.9. The van der Waals surface area contributed by atoms with Gasteiger partial charge in [-0.3, -0.25) is 4.79 Å². The topological polar surface area (TPSA) is 53.9 Å². The average Bonchev–Trinajstić information content (AvgIpc) is 3.02. The Balaban J connectivity index is 1.80. The monoisotopic (exact) mass is 282 g/mol. The lowest BCUT2D eigenvalue weighted by molar-refractivity contribution is 0.0772. The van der Waals surface area contributed by atoms with Crippen LogP contribution < -0.4 is 0 Å². The molecule has 2 heterocycles. The zero-order valence-electron chi connectivity index (χ0n) is 12.4. The normalized spacial score (nSPS) is 11.0. The second kappa shape index (κ2) is 5.09. The summed E-state index contributed by atoms with van der Waals surface area (Å²) in [5, 5.41) is 0. The van der Waals surface area contributed by atoms with Gasteiger partial charge in [-0.05, 0) is 31.2 Å². The number of nitrogens with one attached hydrogen (secondary N) is 1. The Kier molecular flexibility index (Phi) is 3.25. The summed E-state index contributed by atoms with van der Waals surface area (Å²) in [5.41, 5.74) is 3.66. The number of imidazole rings is 1. The lowest BCUT2D eigenvalue weighted by atomic mass is 10.3. The third-order valence-corrected chi connectivity index (χ3v) is 3.76. The SMILES string of the molecule is Cc1ccc(C(=O)N(C)Cc2nc3ccccc3[nH]2)n1C. The Morgan fingerprint density at radius 1 is 1.29 bits per heavy atom. The molecule has 2 aromatic heterocycles. The molecule has 0 unspecified atom stereocenters. The minimum absolute atomic E-state index is 0.00828. The second-order valence-corrected chi connectivity index (χ2v) is 5.28. The predicted octanol–water partition coefficient (Wildman–Crippen LogP) is 2.48. The molecule has 1 N–H and O–H groups in total. The number of carbonyl (C=O) groups excluding carboxylic acids is 1. The van der Waals surface area contributed by atoms with Crippen LogP contribution in [-0.4, -0.2) is 32.4 Å². The van der Waals surface area contributed by atoms with Gasteiger partial charge < -0.3 is 14.5 Å². The highest BCUT2D eigenvalue weighted by Crippen LogP contribution is 2.13. The Labute approximate surface area is 123 Å². The van der Waals surface area contributed by atoms with Crippen LogP contribution in [0.4, 0.5) is 0 Å². The molecule has 0 saturated carbocycles. The molecule has 3 aromatic rings. The van der Waals surface area contributed by atoms with Crippen LogP contribution in [0.25, 0.3) is 11.0 Å². The van der Waals surface area contributed by atoms with E-state index in [0.29, 0.717) is 12.2 Å². The summed E-state index contributed by atoms with van der Waals surface area (Å²) in [6, 6.07) is 11.7. The van der Waals surface area contributed by atoms with E-state index >= 15 is 0 Å². The van der Waals surface area contributed by atoms with Crippen molar-refractivity contribution in [2.75, 3.05) is 7.05 Å². The lowest BCUT2D eigenvalue weighted by Crippen LogP contribution is -2.28. The van der Waals surface area contributed by atoms with Gasteiger partial charge in [0, 0.05) is 19.8 Å². The number of nitrogens with zero attached hydrogens (tertiary/aromatic N) is 3. The number of hydrogen-bond donors (Lipinski definition) is 1. The molecule has 0 saturated heterocycles. The number of aromatic amines is 1. The van der Waals surface area contributed by atoms with Crippen molar-refractivity contribution in [3.05, 3.63) is 53.6 Å². The van der Waals surface area contributed by atoms with Crippen molar-refractivity contribution >= 4 is 16.9 Å². The minimum atomic E-state index is -0.00828. The van der Waals surface area contributed by atoms with Gasteiger partial charge in [0.15, 0.2) is 0 Å². The summed E-state index contributed by atoms with van der Waals surface area (Å²) in [6.45, 7) is 2.44. The Hall–Kier alpha value is -2.56. The fraction of sp³-hybridized carbons (Fsp3) is 0.250. The highest BCUT2D eigenvalue weighted by molar-refractivity contribution is 5.92. The smallest absolute Gasteiger partial charge is 0.270 e. The molecule has 21 heavy (non-hydrogen) atoms. The fourth-order valence-corrected chi connectivity index (χ4v) is 2.40. The van der Waals surface area contributed by atoms with Gasteiger partial charge in [0.05, 0.1) is 17.6 Å². The molecule has 108 valence electrons. The summed E-state index contributed by atoms with van der Waals surface area (Å²) < 4.78 is 1.90. The van der Waals surface area contributed by atoms with E-state index in [1.165, 1.54) is 0 Å². The molecule has 0 radical (unpaired) electrons. The fourth-order valence-electron chi connectivity index (χ4n) is 2.40. The van der Waals surface area contributed by atoms with E-state index in [4.69, 9.17) is 0 Å².